The van der Waals surface area contributed by atoms with Gasteiger partial charge in [0, 0.05) is 11.1 Å². The molecule has 0 aliphatic heterocycles. The lowest BCUT2D eigenvalue weighted by Gasteiger charge is -2.04. The van der Waals surface area contributed by atoms with Gasteiger partial charge < -0.3 is 5.32 Å². The summed E-state index contributed by atoms with van der Waals surface area (Å²) < 4.78 is 0. The number of hydrogen-bond donors (Lipinski definition) is 1. The van der Waals surface area contributed by atoms with Crippen molar-refractivity contribution in [3.05, 3.63) is 40.4 Å². The topological polar surface area (TPSA) is 48.7 Å². The quantitative estimate of drug-likeness (QED) is 0.858. The number of nitriles is 1. The summed E-state index contributed by atoms with van der Waals surface area (Å²) in [6.07, 6.45) is 0. The number of nitrogens with one attached hydrogen (secondary N) is 1. The van der Waals surface area contributed by atoms with Crippen LogP contribution in [0.5, 0.6) is 0 Å². The van der Waals surface area contributed by atoms with Gasteiger partial charge in [0.2, 0.25) is 0 Å². The molecular weight excluding hydrogens is 218 g/mol. The predicted octanol–water partition coefficient (Wildman–Crippen LogP) is 3.38. The van der Waals surface area contributed by atoms with Gasteiger partial charge in [-0.1, -0.05) is 0 Å². The minimum atomic E-state index is 0.709. The minimum Gasteiger partial charge on any atom is -0.332 e. The molecule has 0 aliphatic carbocycles. The maximum Gasteiger partial charge on any atom is 0.187 e. The van der Waals surface area contributed by atoms with Crippen molar-refractivity contribution in [2.75, 3.05) is 5.32 Å². The van der Waals surface area contributed by atoms with Crippen molar-refractivity contribution in [1.82, 2.24) is 4.98 Å². The first-order valence-electron chi connectivity index (χ1n) is 4.89. The molecule has 1 heterocycles. The van der Waals surface area contributed by atoms with Crippen molar-refractivity contribution >= 4 is 22.2 Å². The Labute approximate surface area is 98.4 Å². The number of rotatable bonds is 2. The Hall–Kier alpha value is -1.86. The average Bonchev–Trinajstić information content (AvgIpc) is 2.64. The van der Waals surface area contributed by atoms with E-state index in [-0.39, 0.29) is 0 Å². The molecule has 0 amide bonds. The van der Waals surface area contributed by atoms with E-state index in [4.69, 9.17) is 5.26 Å². The van der Waals surface area contributed by atoms with Gasteiger partial charge in [-0.2, -0.15) is 5.26 Å². The van der Waals surface area contributed by atoms with Crippen LogP contribution in [-0.2, 0) is 0 Å². The SMILES string of the molecule is Cc1csc(Nc2ccc(C#N)c(C)c2)n1. The highest BCUT2D eigenvalue weighted by molar-refractivity contribution is 7.13. The summed E-state index contributed by atoms with van der Waals surface area (Å²) in [6, 6.07) is 7.81. The summed E-state index contributed by atoms with van der Waals surface area (Å²) in [5.74, 6) is 0. The Morgan fingerprint density at radius 1 is 1.38 bits per heavy atom. The molecule has 1 aromatic carbocycles. The van der Waals surface area contributed by atoms with Crippen LogP contribution < -0.4 is 5.32 Å². The number of aromatic nitrogens is 1. The molecule has 1 aromatic heterocycles. The van der Waals surface area contributed by atoms with E-state index in [1.807, 2.05) is 37.4 Å². The fourth-order valence-electron chi connectivity index (χ4n) is 1.40. The summed E-state index contributed by atoms with van der Waals surface area (Å²) in [4.78, 5) is 4.32. The van der Waals surface area contributed by atoms with Crippen LogP contribution in [0.15, 0.2) is 23.6 Å². The maximum atomic E-state index is 8.82. The second kappa shape index (κ2) is 4.33. The largest absolute Gasteiger partial charge is 0.332 e. The van der Waals surface area contributed by atoms with Crippen LogP contribution in [0, 0.1) is 25.2 Å². The van der Waals surface area contributed by atoms with E-state index in [0.29, 0.717) is 5.56 Å². The lowest BCUT2D eigenvalue weighted by molar-refractivity contribution is 1.26. The second-order valence-electron chi connectivity index (χ2n) is 3.56. The van der Waals surface area contributed by atoms with Gasteiger partial charge in [0.15, 0.2) is 5.13 Å². The van der Waals surface area contributed by atoms with Gasteiger partial charge in [0.1, 0.15) is 0 Å². The molecule has 4 heteroatoms. The molecule has 3 nitrogen and oxygen atoms in total. The summed E-state index contributed by atoms with van der Waals surface area (Å²) in [5, 5.41) is 14.9. The number of benzene rings is 1. The average molecular weight is 229 g/mol. The molecule has 2 rings (SSSR count). The first-order chi connectivity index (χ1) is 7.69. The molecule has 0 saturated carbocycles. The third-order valence-corrected chi connectivity index (χ3v) is 3.09. The molecule has 16 heavy (non-hydrogen) atoms. The van der Waals surface area contributed by atoms with E-state index in [2.05, 4.69) is 16.4 Å². The van der Waals surface area contributed by atoms with Gasteiger partial charge >= 0.3 is 0 Å². The monoisotopic (exact) mass is 229 g/mol. The number of anilines is 2. The van der Waals surface area contributed by atoms with Gasteiger partial charge in [0.05, 0.1) is 17.3 Å². The normalized spacial score (nSPS) is 9.81. The van der Waals surface area contributed by atoms with E-state index in [0.717, 1.165) is 22.1 Å². The highest BCUT2D eigenvalue weighted by Crippen LogP contribution is 2.22. The van der Waals surface area contributed by atoms with Crippen molar-refractivity contribution in [3.8, 4) is 6.07 Å². The number of nitrogens with zero attached hydrogens (tertiary/aromatic N) is 2. The summed E-state index contributed by atoms with van der Waals surface area (Å²) in [5.41, 5.74) is 3.66. The van der Waals surface area contributed by atoms with E-state index in [9.17, 15) is 0 Å². The van der Waals surface area contributed by atoms with Crippen molar-refractivity contribution in [1.29, 1.82) is 5.26 Å². The third-order valence-electron chi connectivity index (χ3n) is 2.22. The smallest absolute Gasteiger partial charge is 0.187 e. The zero-order valence-electron chi connectivity index (χ0n) is 9.11. The standard InChI is InChI=1S/C12H11N3S/c1-8-5-11(4-3-10(8)6-13)15-12-14-9(2)7-16-12/h3-5,7H,1-2H3,(H,14,15). The second-order valence-corrected chi connectivity index (χ2v) is 4.42. The van der Waals surface area contributed by atoms with Crippen molar-refractivity contribution in [2.45, 2.75) is 13.8 Å². The highest BCUT2D eigenvalue weighted by atomic mass is 32.1. The van der Waals surface area contributed by atoms with Crippen LogP contribution in [0.1, 0.15) is 16.8 Å². The lowest BCUT2D eigenvalue weighted by atomic mass is 10.1. The Morgan fingerprint density at radius 3 is 2.75 bits per heavy atom. The predicted molar refractivity (Wildman–Crippen MR) is 66.0 cm³/mol. The molecule has 0 radical (unpaired) electrons. The number of hydrogen-bond acceptors (Lipinski definition) is 4. The van der Waals surface area contributed by atoms with Crippen LogP contribution in [0.4, 0.5) is 10.8 Å². The summed E-state index contributed by atoms with van der Waals surface area (Å²) >= 11 is 1.57. The van der Waals surface area contributed by atoms with E-state index < -0.39 is 0 Å². The zero-order valence-corrected chi connectivity index (χ0v) is 9.93. The molecule has 1 N–H and O–H groups in total. The minimum absolute atomic E-state index is 0.709. The molecule has 0 saturated heterocycles. The van der Waals surface area contributed by atoms with Crippen LogP contribution >= 0.6 is 11.3 Å². The van der Waals surface area contributed by atoms with Crippen LogP contribution in [-0.4, -0.2) is 4.98 Å². The molecule has 0 unspecified atom stereocenters. The fraction of sp³-hybridized carbons (Fsp3) is 0.167. The third kappa shape index (κ3) is 2.20. The van der Waals surface area contributed by atoms with Crippen LogP contribution in [0.2, 0.25) is 0 Å². The maximum absolute atomic E-state index is 8.82. The Morgan fingerprint density at radius 2 is 2.19 bits per heavy atom. The van der Waals surface area contributed by atoms with Gasteiger partial charge in [-0.05, 0) is 37.6 Å². The van der Waals surface area contributed by atoms with E-state index >= 15 is 0 Å². The zero-order chi connectivity index (χ0) is 11.5. The van der Waals surface area contributed by atoms with Gasteiger partial charge in [-0.15, -0.1) is 11.3 Å². The Bertz CT molecular complexity index is 552. The van der Waals surface area contributed by atoms with E-state index in [1.165, 1.54) is 0 Å². The van der Waals surface area contributed by atoms with Crippen molar-refractivity contribution in [2.24, 2.45) is 0 Å². The van der Waals surface area contributed by atoms with Crippen LogP contribution in [0.3, 0.4) is 0 Å². The molecule has 0 bridgehead atoms. The van der Waals surface area contributed by atoms with Crippen molar-refractivity contribution in [3.63, 3.8) is 0 Å². The highest BCUT2D eigenvalue weighted by Gasteiger charge is 2.01. The molecule has 0 fully saturated rings. The fourth-order valence-corrected chi connectivity index (χ4v) is 2.11. The molecule has 2 aromatic rings. The van der Waals surface area contributed by atoms with Gasteiger partial charge in [0.25, 0.3) is 0 Å². The molecule has 0 aliphatic rings. The number of aryl methyl sites for hydroxylation is 2. The van der Waals surface area contributed by atoms with Crippen LogP contribution in [0.25, 0.3) is 0 Å². The first-order valence-corrected chi connectivity index (χ1v) is 5.77. The Balaban J connectivity index is 2.23. The number of thiazole rings is 1. The first kappa shape index (κ1) is 10.7. The van der Waals surface area contributed by atoms with Crippen molar-refractivity contribution < 1.29 is 0 Å². The van der Waals surface area contributed by atoms with E-state index in [1.54, 1.807) is 11.3 Å². The van der Waals surface area contributed by atoms with Gasteiger partial charge in [-0.25, -0.2) is 4.98 Å². The molecule has 80 valence electrons. The molecule has 0 atom stereocenters. The Kier molecular flexibility index (Phi) is 2.88. The molecular formula is C12H11N3S. The summed E-state index contributed by atoms with van der Waals surface area (Å²) in [6.45, 7) is 3.89. The lowest BCUT2D eigenvalue weighted by Crippen LogP contribution is -1.91. The summed E-state index contributed by atoms with van der Waals surface area (Å²) in [7, 11) is 0. The van der Waals surface area contributed by atoms with Gasteiger partial charge in [-0.3, -0.25) is 0 Å². The molecule has 0 spiro atoms.